The number of carbonyl (C=O) groups excluding carboxylic acids is 2. The maximum Gasteiger partial charge on any atom is 0.327 e. The minimum atomic E-state index is -1.10. The molecular formula is C11H21N3O4. The first-order valence-electron chi connectivity index (χ1n) is 5.94. The lowest BCUT2D eigenvalue weighted by molar-refractivity contribution is -0.141. The predicted octanol–water partition coefficient (Wildman–Crippen LogP) is -0.918. The highest BCUT2D eigenvalue weighted by Gasteiger charge is 2.17. The van der Waals surface area contributed by atoms with Crippen molar-refractivity contribution in [2.45, 2.75) is 32.7 Å². The van der Waals surface area contributed by atoms with Gasteiger partial charge in [0.15, 0.2) is 0 Å². The van der Waals surface area contributed by atoms with Gasteiger partial charge in [0.1, 0.15) is 6.04 Å². The van der Waals surface area contributed by atoms with Crippen LogP contribution >= 0.6 is 0 Å². The molecule has 7 heteroatoms. The van der Waals surface area contributed by atoms with Gasteiger partial charge in [0, 0.05) is 33.0 Å². The van der Waals surface area contributed by atoms with Crippen molar-refractivity contribution in [2.24, 2.45) is 0 Å². The van der Waals surface area contributed by atoms with Crippen LogP contribution in [-0.4, -0.2) is 48.6 Å². The summed E-state index contributed by atoms with van der Waals surface area (Å²) in [7, 11) is 0. The van der Waals surface area contributed by atoms with E-state index in [-0.39, 0.29) is 18.9 Å². The minimum absolute atomic E-state index is 0.0734. The van der Waals surface area contributed by atoms with Crippen molar-refractivity contribution in [3.63, 3.8) is 0 Å². The zero-order valence-corrected chi connectivity index (χ0v) is 10.8. The predicted molar refractivity (Wildman–Crippen MR) is 66.0 cm³/mol. The number of carboxylic acid groups (broad SMARTS) is 1. The summed E-state index contributed by atoms with van der Waals surface area (Å²) in [6, 6.07) is -0.971. The van der Waals surface area contributed by atoms with Gasteiger partial charge in [-0.1, -0.05) is 6.92 Å². The molecule has 0 saturated carbocycles. The average molecular weight is 259 g/mol. The average Bonchev–Trinajstić information content (AvgIpc) is 2.29. The molecule has 0 aliphatic carbocycles. The van der Waals surface area contributed by atoms with E-state index >= 15 is 0 Å². The van der Waals surface area contributed by atoms with Gasteiger partial charge in [-0.05, 0) is 6.42 Å². The van der Waals surface area contributed by atoms with Crippen molar-refractivity contribution < 1.29 is 19.5 Å². The smallest absolute Gasteiger partial charge is 0.327 e. The molecule has 4 N–H and O–H groups in total. The topological polar surface area (TPSA) is 108 Å². The van der Waals surface area contributed by atoms with Crippen LogP contribution in [0.25, 0.3) is 0 Å². The van der Waals surface area contributed by atoms with E-state index in [4.69, 9.17) is 5.11 Å². The molecule has 0 aromatic carbocycles. The Bertz CT molecular complexity index is 294. The first-order valence-corrected chi connectivity index (χ1v) is 5.94. The van der Waals surface area contributed by atoms with Crippen molar-refractivity contribution in [1.82, 2.24) is 16.0 Å². The normalized spacial score (nSPS) is 11.7. The van der Waals surface area contributed by atoms with E-state index in [1.807, 2.05) is 6.92 Å². The van der Waals surface area contributed by atoms with Gasteiger partial charge in [0.05, 0.1) is 0 Å². The van der Waals surface area contributed by atoms with Crippen LogP contribution in [0.2, 0.25) is 0 Å². The second-order valence-corrected chi connectivity index (χ2v) is 3.90. The number of carbonyl (C=O) groups is 3. The Kier molecular flexibility index (Phi) is 8.55. The first kappa shape index (κ1) is 16.4. The molecular weight excluding hydrogens is 238 g/mol. The maximum atomic E-state index is 11.2. The van der Waals surface area contributed by atoms with Gasteiger partial charge in [-0.15, -0.1) is 0 Å². The van der Waals surface area contributed by atoms with E-state index in [9.17, 15) is 14.4 Å². The van der Waals surface area contributed by atoms with Crippen molar-refractivity contribution >= 4 is 17.8 Å². The fourth-order valence-electron chi connectivity index (χ4n) is 1.25. The highest BCUT2D eigenvalue weighted by Crippen LogP contribution is 1.84. The van der Waals surface area contributed by atoms with Crippen LogP contribution in [0.4, 0.5) is 0 Å². The Hall–Kier alpha value is -1.63. The quantitative estimate of drug-likeness (QED) is 0.401. The molecule has 0 fully saturated rings. The monoisotopic (exact) mass is 259 g/mol. The SMILES string of the molecule is CCCNC(=O)CCNCC(NC(C)=O)C(=O)O. The molecule has 0 heterocycles. The molecule has 7 nitrogen and oxygen atoms in total. The highest BCUT2D eigenvalue weighted by molar-refractivity contribution is 5.82. The third-order valence-corrected chi connectivity index (χ3v) is 2.13. The van der Waals surface area contributed by atoms with E-state index < -0.39 is 17.9 Å². The number of amides is 2. The summed E-state index contributed by atoms with van der Waals surface area (Å²) in [6.07, 6.45) is 1.16. The van der Waals surface area contributed by atoms with Crippen molar-refractivity contribution in [3.8, 4) is 0 Å². The van der Waals surface area contributed by atoms with Crippen molar-refractivity contribution in [3.05, 3.63) is 0 Å². The number of hydrogen-bond acceptors (Lipinski definition) is 4. The fraction of sp³-hybridized carbons (Fsp3) is 0.727. The summed E-state index contributed by atoms with van der Waals surface area (Å²) in [5.41, 5.74) is 0. The van der Waals surface area contributed by atoms with Crippen LogP contribution in [0.5, 0.6) is 0 Å². The van der Waals surface area contributed by atoms with E-state index in [0.29, 0.717) is 13.1 Å². The summed E-state index contributed by atoms with van der Waals surface area (Å²) >= 11 is 0. The molecule has 1 atom stereocenters. The van der Waals surface area contributed by atoms with E-state index in [1.165, 1.54) is 6.92 Å². The molecule has 1 unspecified atom stereocenters. The third kappa shape index (κ3) is 8.51. The molecule has 0 aromatic rings. The van der Waals surface area contributed by atoms with Crippen LogP contribution in [0.15, 0.2) is 0 Å². The lowest BCUT2D eigenvalue weighted by Gasteiger charge is -2.13. The Labute approximate surface area is 106 Å². The summed E-state index contributed by atoms with van der Waals surface area (Å²) in [5.74, 6) is -1.58. The van der Waals surface area contributed by atoms with Crippen LogP contribution in [0.1, 0.15) is 26.7 Å². The largest absolute Gasteiger partial charge is 0.480 e. The Balaban J connectivity index is 3.76. The van der Waals surface area contributed by atoms with Gasteiger partial charge in [-0.25, -0.2) is 4.79 Å². The fourth-order valence-corrected chi connectivity index (χ4v) is 1.25. The Morgan fingerprint density at radius 3 is 2.39 bits per heavy atom. The lowest BCUT2D eigenvalue weighted by Crippen LogP contribution is -2.47. The number of rotatable bonds is 9. The zero-order valence-electron chi connectivity index (χ0n) is 10.8. The maximum absolute atomic E-state index is 11.2. The molecule has 0 bridgehead atoms. The van der Waals surface area contributed by atoms with Crippen LogP contribution in [-0.2, 0) is 14.4 Å². The van der Waals surface area contributed by atoms with Gasteiger partial charge in [-0.3, -0.25) is 9.59 Å². The van der Waals surface area contributed by atoms with Gasteiger partial charge in [-0.2, -0.15) is 0 Å². The summed E-state index contributed by atoms with van der Waals surface area (Å²) in [5, 5.41) is 16.6. The highest BCUT2D eigenvalue weighted by atomic mass is 16.4. The first-order chi connectivity index (χ1) is 8.47. The molecule has 0 rings (SSSR count). The Morgan fingerprint density at radius 1 is 1.22 bits per heavy atom. The van der Waals surface area contributed by atoms with E-state index in [0.717, 1.165) is 6.42 Å². The molecule has 0 saturated heterocycles. The van der Waals surface area contributed by atoms with E-state index in [1.54, 1.807) is 0 Å². The summed E-state index contributed by atoms with van der Waals surface area (Å²) < 4.78 is 0. The van der Waals surface area contributed by atoms with Gasteiger partial charge in [0.2, 0.25) is 11.8 Å². The molecule has 0 radical (unpaired) electrons. The van der Waals surface area contributed by atoms with Crippen molar-refractivity contribution in [2.75, 3.05) is 19.6 Å². The second kappa shape index (κ2) is 9.41. The standard InChI is InChI=1S/C11H21N3O4/c1-3-5-13-10(16)4-6-12-7-9(11(17)18)14-8(2)15/h9,12H,3-7H2,1-2H3,(H,13,16)(H,14,15)(H,17,18). The summed E-state index contributed by atoms with van der Waals surface area (Å²) in [6.45, 7) is 4.33. The molecule has 0 spiro atoms. The molecule has 18 heavy (non-hydrogen) atoms. The third-order valence-electron chi connectivity index (χ3n) is 2.13. The number of carboxylic acids is 1. The lowest BCUT2D eigenvalue weighted by atomic mass is 10.3. The molecule has 0 aromatic heterocycles. The number of aliphatic carboxylic acids is 1. The second-order valence-electron chi connectivity index (χ2n) is 3.90. The van der Waals surface area contributed by atoms with Crippen molar-refractivity contribution in [1.29, 1.82) is 0 Å². The van der Waals surface area contributed by atoms with E-state index in [2.05, 4.69) is 16.0 Å². The minimum Gasteiger partial charge on any atom is -0.480 e. The molecule has 104 valence electrons. The van der Waals surface area contributed by atoms with Gasteiger partial charge < -0.3 is 21.1 Å². The van der Waals surface area contributed by atoms with Gasteiger partial charge >= 0.3 is 5.97 Å². The summed E-state index contributed by atoms with van der Waals surface area (Å²) in [4.78, 5) is 32.7. The molecule has 0 aliphatic heterocycles. The van der Waals surface area contributed by atoms with Gasteiger partial charge in [0.25, 0.3) is 0 Å². The Morgan fingerprint density at radius 2 is 1.89 bits per heavy atom. The molecule has 2 amide bonds. The zero-order chi connectivity index (χ0) is 14.0. The molecule has 0 aliphatic rings. The van der Waals surface area contributed by atoms with Crippen LogP contribution < -0.4 is 16.0 Å². The van der Waals surface area contributed by atoms with Crippen LogP contribution in [0, 0.1) is 0 Å². The number of hydrogen-bond donors (Lipinski definition) is 4. The van der Waals surface area contributed by atoms with Crippen LogP contribution in [0.3, 0.4) is 0 Å². The number of nitrogens with one attached hydrogen (secondary N) is 3.